The molecule has 3 rings (SSSR count). The zero-order chi connectivity index (χ0) is 19.6. The predicted octanol–water partition coefficient (Wildman–Crippen LogP) is 3.43. The normalized spacial score (nSPS) is 13.0. The van der Waals surface area contributed by atoms with Gasteiger partial charge in [-0.3, -0.25) is 13.9 Å². The number of nitrogens with zero attached hydrogens (tertiary/aromatic N) is 5. The van der Waals surface area contributed by atoms with Gasteiger partial charge in [-0.05, 0) is 38.0 Å². The van der Waals surface area contributed by atoms with E-state index in [0.717, 1.165) is 23.4 Å². The van der Waals surface area contributed by atoms with Crippen LogP contribution < -0.4 is 5.32 Å². The third-order valence-corrected chi connectivity index (χ3v) is 4.53. The number of aromatic nitrogens is 5. The van der Waals surface area contributed by atoms with Crippen molar-refractivity contribution in [2.24, 2.45) is 5.92 Å². The fourth-order valence-corrected chi connectivity index (χ4v) is 3.17. The second-order valence-electron chi connectivity index (χ2n) is 6.92. The van der Waals surface area contributed by atoms with Crippen LogP contribution in [0.5, 0.6) is 0 Å². The van der Waals surface area contributed by atoms with Crippen molar-refractivity contribution in [3.8, 4) is 0 Å². The number of fused-ring (bicyclic) bond motifs is 1. The first kappa shape index (κ1) is 19.1. The standard InChI is InChI=1S/C19H23ClN6O/c1-12(2)11-26-18(20)15(13(3)24-26)8-9-17(27)21-14(4)19-23-22-16-7-5-6-10-25(16)19/h5-10,12,14H,11H2,1-4H3,(H,21,27)/b9-8+. The zero-order valence-corrected chi connectivity index (χ0v) is 16.6. The van der Waals surface area contributed by atoms with Crippen molar-refractivity contribution in [3.63, 3.8) is 0 Å². The van der Waals surface area contributed by atoms with E-state index >= 15 is 0 Å². The Kier molecular flexibility index (Phi) is 5.60. The lowest BCUT2D eigenvalue weighted by atomic mass is 10.2. The highest BCUT2D eigenvalue weighted by Crippen LogP contribution is 2.22. The topological polar surface area (TPSA) is 77.1 Å². The van der Waals surface area contributed by atoms with E-state index in [4.69, 9.17) is 11.6 Å². The molecule has 142 valence electrons. The summed E-state index contributed by atoms with van der Waals surface area (Å²) in [6, 6.07) is 5.36. The number of amides is 1. The predicted molar refractivity (Wildman–Crippen MR) is 105 cm³/mol. The quantitative estimate of drug-likeness (QED) is 0.658. The number of nitrogens with one attached hydrogen (secondary N) is 1. The average molecular weight is 387 g/mol. The molecule has 0 saturated heterocycles. The lowest BCUT2D eigenvalue weighted by Gasteiger charge is -2.10. The van der Waals surface area contributed by atoms with Crippen molar-refractivity contribution in [1.82, 2.24) is 29.7 Å². The molecule has 3 aromatic rings. The molecule has 3 aromatic heterocycles. The van der Waals surface area contributed by atoms with Crippen molar-refractivity contribution >= 4 is 29.2 Å². The van der Waals surface area contributed by atoms with E-state index in [-0.39, 0.29) is 11.9 Å². The Morgan fingerprint density at radius 3 is 2.81 bits per heavy atom. The molecule has 0 aromatic carbocycles. The minimum absolute atomic E-state index is 0.234. The van der Waals surface area contributed by atoms with Gasteiger partial charge in [-0.2, -0.15) is 5.10 Å². The molecule has 0 fully saturated rings. The van der Waals surface area contributed by atoms with Gasteiger partial charge in [-0.1, -0.05) is 31.5 Å². The molecule has 0 aliphatic carbocycles. The van der Waals surface area contributed by atoms with Gasteiger partial charge in [0.25, 0.3) is 0 Å². The molecule has 0 spiro atoms. The largest absolute Gasteiger partial charge is 0.343 e. The minimum Gasteiger partial charge on any atom is -0.343 e. The number of aryl methyl sites for hydroxylation is 1. The monoisotopic (exact) mass is 386 g/mol. The van der Waals surface area contributed by atoms with Gasteiger partial charge >= 0.3 is 0 Å². The Morgan fingerprint density at radius 1 is 1.30 bits per heavy atom. The molecule has 7 nitrogen and oxygen atoms in total. The van der Waals surface area contributed by atoms with Crippen molar-refractivity contribution in [1.29, 1.82) is 0 Å². The Balaban J connectivity index is 1.71. The summed E-state index contributed by atoms with van der Waals surface area (Å²) in [4.78, 5) is 12.3. The van der Waals surface area contributed by atoms with Crippen LogP contribution in [0.2, 0.25) is 5.15 Å². The summed E-state index contributed by atoms with van der Waals surface area (Å²) in [6.07, 6.45) is 5.04. The minimum atomic E-state index is -0.292. The van der Waals surface area contributed by atoms with E-state index < -0.39 is 0 Å². The van der Waals surface area contributed by atoms with Crippen LogP contribution in [0.1, 0.15) is 43.9 Å². The number of carbonyl (C=O) groups excluding carboxylic acids is 1. The fourth-order valence-electron chi connectivity index (χ4n) is 2.86. The first-order valence-electron chi connectivity index (χ1n) is 8.88. The van der Waals surface area contributed by atoms with Crippen LogP contribution in [0, 0.1) is 12.8 Å². The number of carbonyl (C=O) groups is 1. The van der Waals surface area contributed by atoms with E-state index in [1.54, 1.807) is 10.8 Å². The van der Waals surface area contributed by atoms with Crippen molar-refractivity contribution in [2.75, 3.05) is 0 Å². The van der Waals surface area contributed by atoms with Gasteiger partial charge in [0.1, 0.15) is 5.15 Å². The van der Waals surface area contributed by atoms with E-state index in [1.165, 1.54) is 6.08 Å². The number of hydrogen-bond acceptors (Lipinski definition) is 4. The highest BCUT2D eigenvalue weighted by atomic mass is 35.5. The molecular weight excluding hydrogens is 364 g/mol. The molecule has 0 radical (unpaired) electrons. The van der Waals surface area contributed by atoms with Crippen molar-refractivity contribution < 1.29 is 4.79 Å². The molecule has 0 aliphatic rings. The van der Waals surface area contributed by atoms with E-state index in [9.17, 15) is 4.79 Å². The summed E-state index contributed by atoms with van der Waals surface area (Å²) in [6.45, 7) is 8.69. The Hall–Kier alpha value is -2.67. The third-order valence-electron chi connectivity index (χ3n) is 4.13. The zero-order valence-electron chi connectivity index (χ0n) is 15.8. The molecular formula is C19H23ClN6O. The van der Waals surface area contributed by atoms with Crippen molar-refractivity contribution in [2.45, 2.75) is 40.3 Å². The van der Waals surface area contributed by atoms with Crippen LogP contribution in [-0.4, -0.2) is 30.3 Å². The van der Waals surface area contributed by atoms with Gasteiger partial charge in [-0.25, -0.2) is 0 Å². The molecule has 1 atom stereocenters. The summed E-state index contributed by atoms with van der Waals surface area (Å²) in [5.74, 6) is 0.870. The summed E-state index contributed by atoms with van der Waals surface area (Å²) in [5, 5.41) is 16.2. The molecule has 1 unspecified atom stereocenters. The smallest absolute Gasteiger partial charge is 0.244 e. The molecule has 0 bridgehead atoms. The number of hydrogen-bond donors (Lipinski definition) is 1. The summed E-state index contributed by atoms with van der Waals surface area (Å²) >= 11 is 6.41. The Morgan fingerprint density at radius 2 is 2.07 bits per heavy atom. The summed E-state index contributed by atoms with van der Waals surface area (Å²) in [5.41, 5.74) is 2.29. The van der Waals surface area contributed by atoms with E-state index in [0.29, 0.717) is 16.9 Å². The maximum Gasteiger partial charge on any atom is 0.244 e. The SMILES string of the molecule is Cc1nn(CC(C)C)c(Cl)c1/C=C/C(=O)NC(C)c1nnc2ccccn12. The van der Waals surface area contributed by atoms with E-state index in [2.05, 4.69) is 34.5 Å². The Bertz CT molecular complexity index is 987. The highest BCUT2D eigenvalue weighted by molar-refractivity contribution is 6.31. The van der Waals surface area contributed by atoms with Gasteiger partial charge in [-0.15, -0.1) is 10.2 Å². The van der Waals surface area contributed by atoms with Gasteiger partial charge in [0.2, 0.25) is 5.91 Å². The molecule has 1 amide bonds. The maximum atomic E-state index is 12.3. The molecule has 3 heterocycles. The number of rotatable bonds is 6. The second-order valence-corrected chi connectivity index (χ2v) is 7.27. The molecule has 0 aliphatic heterocycles. The molecule has 27 heavy (non-hydrogen) atoms. The van der Waals surface area contributed by atoms with Crippen LogP contribution in [-0.2, 0) is 11.3 Å². The first-order chi connectivity index (χ1) is 12.9. The second kappa shape index (κ2) is 7.92. The molecule has 1 N–H and O–H groups in total. The van der Waals surface area contributed by atoms with Gasteiger partial charge in [0, 0.05) is 24.4 Å². The summed E-state index contributed by atoms with van der Waals surface area (Å²) in [7, 11) is 0. The lowest BCUT2D eigenvalue weighted by molar-refractivity contribution is -0.117. The first-order valence-corrected chi connectivity index (χ1v) is 9.25. The van der Waals surface area contributed by atoms with Crippen LogP contribution >= 0.6 is 11.6 Å². The average Bonchev–Trinajstić information content (AvgIpc) is 3.15. The van der Waals surface area contributed by atoms with Crippen LogP contribution in [0.3, 0.4) is 0 Å². The fraction of sp³-hybridized carbons (Fsp3) is 0.368. The van der Waals surface area contributed by atoms with Crippen molar-refractivity contribution in [3.05, 3.63) is 52.7 Å². The molecule has 8 heteroatoms. The van der Waals surface area contributed by atoms with E-state index in [1.807, 2.05) is 42.6 Å². The van der Waals surface area contributed by atoms with Gasteiger partial charge < -0.3 is 5.32 Å². The van der Waals surface area contributed by atoms with Crippen LogP contribution in [0.15, 0.2) is 30.5 Å². The number of halogens is 1. The highest BCUT2D eigenvalue weighted by Gasteiger charge is 2.15. The van der Waals surface area contributed by atoms with Crippen LogP contribution in [0.4, 0.5) is 0 Å². The Labute approximate surface area is 163 Å². The third kappa shape index (κ3) is 4.19. The summed E-state index contributed by atoms with van der Waals surface area (Å²) < 4.78 is 3.62. The lowest BCUT2D eigenvalue weighted by Crippen LogP contribution is -2.26. The maximum absolute atomic E-state index is 12.3. The molecule has 0 saturated carbocycles. The number of pyridine rings is 1. The van der Waals surface area contributed by atoms with Gasteiger partial charge in [0.15, 0.2) is 11.5 Å². The van der Waals surface area contributed by atoms with Gasteiger partial charge in [0.05, 0.1) is 11.7 Å². The van der Waals surface area contributed by atoms with Crippen LogP contribution in [0.25, 0.3) is 11.7 Å².